The lowest BCUT2D eigenvalue weighted by molar-refractivity contribution is -0.121. The summed E-state index contributed by atoms with van der Waals surface area (Å²) < 4.78 is 8.66. The fourth-order valence-electron chi connectivity index (χ4n) is 2.52. The molecule has 2 aromatic rings. The first kappa shape index (κ1) is 14.3. The third-order valence-electron chi connectivity index (χ3n) is 3.71. The summed E-state index contributed by atoms with van der Waals surface area (Å²) in [6.07, 6.45) is 3.66. The highest BCUT2D eigenvalue weighted by atomic mass is 32.1. The number of hydrogen-bond acceptors (Lipinski definition) is 4. The number of nitrogens with one attached hydrogen (secondary N) is 1. The van der Waals surface area contributed by atoms with E-state index in [-0.39, 0.29) is 12.0 Å². The molecular formula is C15H19N3O2S. The van der Waals surface area contributed by atoms with Crippen LogP contribution in [0.1, 0.15) is 25.7 Å². The van der Waals surface area contributed by atoms with Crippen molar-refractivity contribution in [2.24, 2.45) is 12.1 Å². The summed E-state index contributed by atoms with van der Waals surface area (Å²) in [4.78, 5) is 12.6. The third-order valence-corrected chi connectivity index (χ3v) is 4.82. The lowest BCUT2D eigenvalue weighted by Gasteiger charge is -2.07. The fourth-order valence-corrected chi connectivity index (χ4v) is 3.50. The zero-order chi connectivity index (χ0) is 14.7. The second-order valence-electron chi connectivity index (χ2n) is 5.23. The number of para-hydroxylation sites is 1. The zero-order valence-corrected chi connectivity index (χ0v) is 12.9. The van der Waals surface area contributed by atoms with Gasteiger partial charge in [-0.25, -0.2) is 5.43 Å². The van der Waals surface area contributed by atoms with Crippen LogP contribution in [-0.4, -0.2) is 23.2 Å². The minimum absolute atomic E-state index is 0.0528. The Morgan fingerprint density at radius 2 is 2.38 bits per heavy atom. The van der Waals surface area contributed by atoms with Crippen LogP contribution in [0.25, 0.3) is 10.2 Å². The Kier molecular flexibility index (Phi) is 4.36. The Labute approximate surface area is 127 Å². The van der Waals surface area contributed by atoms with E-state index in [1.165, 1.54) is 0 Å². The molecule has 5 nitrogen and oxygen atoms in total. The van der Waals surface area contributed by atoms with Gasteiger partial charge < -0.3 is 9.30 Å². The van der Waals surface area contributed by atoms with Gasteiger partial charge in [-0.2, -0.15) is 0 Å². The minimum Gasteiger partial charge on any atom is -0.378 e. The van der Waals surface area contributed by atoms with Gasteiger partial charge in [0.1, 0.15) is 0 Å². The fraction of sp³-hybridized carbons (Fsp3) is 0.467. The molecule has 0 bridgehead atoms. The lowest BCUT2D eigenvalue weighted by atomic mass is 10.1. The summed E-state index contributed by atoms with van der Waals surface area (Å²) in [7, 11) is 1.95. The maximum absolute atomic E-state index is 11.8. The average Bonchev–Trinajstić information content (AvgIpc) is 3.12. The zero-order valence-electron chi connectivity index (χ0n) is 12.0. The molecule has 2 heterocycles. The monoisotopic (exact) mass is 305 g/mol. The van der Waals surface area contributed by atoms with E-state index in [2.05, 4.69) is 16.6 Å². The Hall–Kier alpha value is -1.66. The van der Waals surface area contributed by atoms with Crippen LogP contribution in [0.4, 0.5) is 0 Å². The summed E-state index contributed by atoms with van der Waals surface area (Å²) in [5.41, 5.74) is 3.77. The highest BCUT2D eigenvalue weighted by Crippen LogP contribution is 2.17. The summed E-state index contributed by atoms with van der Waals surface area (Å²) >= 11 is 1.57. The van der Waals surface area contributed by atoms with E-state index in [4.69, 9.17) is 4.74 Å². The van der Waals surface area contributed by atoms with E-state index in [1.807, 2.05) is 29.8 Å². The number of carbonyl (C=O) groups is 1. The van der Waals surface area contributed by atoms with E-state index in [1.54, 1.807) is 11.3 Å². The second kappa shape index (κ2) is 6.41. The number of benzene rings is 1. The van der Waals surface area contributed by atoms with Crippen molar-refractivity contribution in [2.75, 3.05) is 6.61 Å². The largest absolute Gasteiger partial charge is 0.378 e. The van der Waals surface area contributed by atoms with Crippen LogP contribution in [0, 0.1) is 0 Å². The van der Waals surface area contributed by atoms with E-state index in [9.17, 15) is 4.79 Å². The molecule has 1 aliphatic rings. The van der Waals surface area contributed by atoms with Crippen molar-refractivity contribution < 1.29 is 9.53 Å². The first-order valence-electron chi connectivity index (χ1n) is 7.23. The van der Waals surface area contributed by atoms with Crippen LogP contribution in [0.15, 0.2) is 29.4 Å². The van der Waals surface area contributed by atoms with Gasteiger partial charge in [-0.1, -0.05) is 23.5 Å². The molecule has 0 radical (unpaired) electrons. The van der Waals surface area contributed by atoms with E-state index in [0.717, 1.165) is 40.9 Å². The highest BCUT2D eigenvalue weighted by molar-refractivity contribution is 7.16. The molecule has 1 aromatic carbocycles. The molecular weight excluding hydrogens is 286 g/mol. The number of hydrogen-bond donors (Lipinski definition) is 1. The Morgan fingerprint density at radius 1 is 1.52 bits per heavy atom. The van der Waals surface area contributed by atoms with Crippen LogP contribution in [0.3, 0.4) is 0 Å². The van der Waals surface area contributed by atoms with Crippen LogP contribution in [0.5, 0.6) is 0 Å². The minimum atomic E-state index is -0.0528. The second-order valence-corrected chi connectivity index (χ2v) is 6.24. The summed E-state index contributed by atoms with van der Waals surface area (Å²) in [6.45, 7) is 0.828. The van der Waals surface area contributed by atoms with Crippen molar-refractivity contribution in [3.63, 3.8) is 0 Å². The maximum Gasteiger partial charge on any atom is 0.240 e. The molecule has 1 amide bonds. The molecule has 112 valence electrons. The van der Waals surface area contributed by atoms with Gasteiger partial charge in [-0.05, 0) is 31.4 Å². The standard InChI is InChI=1S/C15H19N3O2S/c1-18-12-6-2-3-7-13(12)21-15(18)17-16-14(19)9-8-11-5-4-10-20-11/h2-3,6-7,11H,4-5,8-10H2,1H3,(H,16,19)/b17-15+. The van der Waals surface area contributed by atoms with Gasteiger partial charge in [-0.15, -0.1) is 5.10 Å². The van der Waals surface area contributed by atoms with Gasteiger partial charge in [0.2, 0.25) is 10.7 Å². The summed E-state index contributed by atoms with van der Waals surface area (Å²) in [5, 5.41) is 4.23. The number of nitrogens with zero attached hydrogens (tertiary/aromatic N) is 2. The lowest BCUT2D eigenvalue weighted by Crippen LogP contribution is -2.24. The van der Waals surface area contributed by atoms with Gasteiger partial charge in [0, 0.05) is 20.1 Å². The molecule has 6 heteroatoms. The topological polar surface area (TPSA) is 55.6 Å². The van der Waals surface area contributed by atoms with Crippen molar-refractivity contribution in [1.29, 1.82) is 0 Å². The molecule has 1 saturated heterocycles. The Bertz CT molecular complexity index is 698. The SMILES string of the molecule is Cn1/c(=N\NC(=O)CCC2CCCO2)sc2ccccc21. The average molecular weight is 305 g/mol. The first-order chi connectivity index (χ1) is 10.2. The number of fused-ring (bicyclic) bond motifs is 1. The van der Waals surface area contributed by atoms with Crippen molar-refractivity contribution in [1.82, 2.24) is 9.99 Å². The van der Waals surface area contributed by atoms with Crippen LogP contribution in [0.2, 0.25) is 0 Å². The third kappa shape index (κ3) is 3.33. The molecule has 1 unspecified atom stereocenters. The molecule has 1 fully saturated rings. The predicted molar refractivity (Wildman–Crippen MR) is 82.7 cm³/mol. The van der Waals surface area contributed by atoms with Crippen LogP contribution >= 0.6 is 11.3 Å². The van der Waals surface area contributed by atoms with Gasteiger partial charge >= 0.3 is 0 Å². The molecule has 21 heavy (non-hydrogen) atoms. The maximum atomic E-state index is 11.8. The van der Waals surface area contributed by atoms with Crippen molar-refractivity contribution >= 4 is 27.5 Å². The number of aryl methyl sites for hydroxylation is 1. The molecule has 1 aromatic heterocycles. The Balaban J connectivity index is 1.63. The molecule has 1 N–H and O–H groups in total. The van der Waals surface area contributed by atoms with Crippen molar-refractivity contribution in [2.45, 2.75) is 31.8 Å². The number of thiazole rings is 1. The van der Waals surface area contributed by atoms with E-state index < -0.39 is 0 Å². The molecule has 0 saturated carbocycles. The van der Waals surface area contributed by atoms with Crippen molar-refractivity contribution in [3.05, 3.63) is 29.1 Å². The first-order valence-corrected chi connectivity index (χ1v) is 8.04. The molecule has 0 spiro atoms. The number of carbonyl (C=O) groups excluding carboxylic acids is 1. The number of ether oxygens (including phenoxy) is 1. The van der Waals surface area contributed by atoms with Crippen LogP contribution < -0.4 is 10.2 Å². The highest BCUT2D eigenvalue weighted by Gasteiger charge is 2.16. The number of aromatic nitrogens is 1. The quantitative estimate of drug-likeness (QED) is 0.880. The number of amides is 1. The molecule has 1 atom stereocenters. The van der Waals surface area contributed by atoms with Gasteiger partial charge in [0.25, 0.3) is 0 Å². The number of rotatable bonds is 4. The van der Waals surface area contributed by atoms with Crippen LogP contribution in [-0.2, 0) is 16.6 Å². The van der Waals surface area contributed by atoms with Gasteiger partial charge in [-0.3, -0.25) is 4.79 Å². The van der Waals surface area contributed by atoms with Crippen molar-refractivity contribution in [3.8, 4) is 0 Å². The smallest absolute Gasteiger partial charge is 0.240 e. The van der Waals surface area contributed by atoms with E-state index >= 15 is 0 Å². The van der Waals surface area contributed by atoms with Gasteiger partial charge in [0.05, 0.1) is 16.3 Å². The van der Waals surface area contributed by atoms with E-state index in [0.29, 0.717) is 6.42 Å². The predicted octanol–water partition coefficient (Wildman–Crippen LogP) is 2.13. The summed E-state index contributed by atoms with van der Waals surface area (Å²) in [5.74, 6) is -0.0528. The molecule has 0 aliphatic carbocycles. The summed E-state index contributed by atoms with van der Waals surface area (Å²) in [6, 6.07) is 8.10. The Morgan fingerprint density at radius 3 is 3.14 bits per heavy atom. The van der Waals surface area contributed by atoms with Gasteiger partial charge in [0.15, 0.2) is 0 Å². The molecule has 3 rings (SSSR count). The molecule has 1 aliphatic heterocycles. The normalized spacial score (nSPS) is 19.3.